The number of benzene rings is 1. The molecule has 3 aromatic rings. The molecule has 0 radical (unpaired) electrons. The first-order valence-corrected chi connectivity index (χ1v) is 9.25. The standard InChI is InChI=1S/C15H10FN3O4S2/c16-9-1-3-11(4-2-9)25(22,23)12-5-10(24-7-12)6-13(20)14(21)15-17-8-18-19-15/h1-5,7-8H,6H2,(H,17,18,19). The smallest absolute Gasteiger partial charge is 0.267 e. The number of sulfone groups is 1. The molecule has 3 rings (SSSR count). The van der Waals surface area contributed by atoms with Crippen molar-refractivity contribution in [3.05, 3.63) is 58.6 Å². The number of halogens is 1. The van der Waals surface area contributed by atoms with E-state index in [1.165, 1.54) is 29.9 Å². The largest absolute Gasteiger partial charge is 0.290 e. The predicted octanol–water partition coefficient (Wildman–Crippen LogP) is 1.83. The van der Waals surface area contributed by atoms with E-state index < -0.39 is 27.2 Å². The molecule has 0 fully saturated rings. The molecule has 1 N–H and O–H groups in total. The zero-order valence-corrected chi connectivity index (χ0v) is 14.1. The summed E-state index contributed by atoms with van der Waals surface area (Å²) in [7, 11) is -3.82. The van der Waals surface area contributed by atoms with Crippen LogP contribution in [-0.2, 0) is 21.1 Å². The van der Waals surface area contributed by atoms with Crippen LogP contribution in [0.25, 0.3) is 0 Å². The van der Waals surface area contributed by atoms with Crippen molar-refractivity contribution >= 4 is 32.7 Å². The number of rotatable bonds is 6. The van der Waals surface area contributed by atoms with Crippen molar-refractivity contribution in [2.45, 2.75) is 16.2 Å². The van der Waals surface area contributed by atoms with Crippen LogP contribution in [0.15, 0.2) is 51.8 Å². The highest BCUT2D eigenvalue weighted by atomic mass is 32.2. The number of nitrogens with one attached hydrogen (secondary N) is 1. The Morgan fingerprint density at radius 3 is 2.52 bits per heavy atom. The maximum absolute atomic E-state index is 12.9. The molecule has 0 atom stereocenters. The van der Waals surface area contributed by atoms with Gasteiger partial charge in [0.15, 0.2) is 0 Å². The molecule has 0 aliphatic rings. The number of hydrogen-bond acceptors (Lipinski definition) is 7. The van der Waals surface area contributed by atoms with Crippen LogP contribution < -0.4 is 0 Å². The van der Waals surface area contributed by atoms with Crippen molar-refractivity contribution in [2.24, 2.45) is 0 Å². The summed E-state index contributed by atoms with van der Waals surface area (Å²) in [6, 6.07) is 5.77. The summed E-state index contributed by atoms with van der Waals surface area (Å²) in [5, 5.41) is 7.25. The van der Waals surface area contributed by atoms with E-state index in [1.54, 1.807) is 0 Å². The summed E-state index contributed by atoms with van der Waals surface area (Å²) >= 11 is 1.04. The molecule has 25 heavy (non-hydrogen) atoms. The van der Waals surface area contributed by atoms with Crippen LogP contribution in [0.2, 0.25) is 0 Å². The lowest BCUT2D eigenvalue weighted by Crippen LogP contribution is -2.17. The summed E-state index contributed by atoms with van der Waals surface area (Å²) in [5.74, 6) is -2.37. The normalized spacial score (nSPS) is 11.4. The molecule has 2 aromatic heterocycles. The van der Waals surface area contributed by atoms with Gasteiger partial charge < -0.3 is 0 Å². The average molecular weight is 379 g/mol. The monoisotopic (exact) mass is 379 g/mol. The Morgan fingerprint density at radius 1 is 1.16 bits per heavy atom. The number of aromatic amines is 1. The van der Waals surface area contributed by atoms with E-state index in [0.717, 1.165) is 23.5 Å². The van der Waals surface area contributed by atoms with Gasteiger partial charge in [-0.15, -0.1) is 16.4 Å². The highest BCUT2D eigenvalue weighted by molar-refractivity contribution is 7.91. The molecule has 0 spiro atoms. The van der Waals surface area contributed by atoms with Gasteiger partial charge in [-0.05, 0) is 30.3 Å². The molecule has 0 aliphatic heterocycles. The van der Waals surface area contributed by atoms with E-state index >= 15 is 0 Å². The fraction of sp³-hybridized carbons (Fsp3) is 0.0667. The summed E-state index contributed by atoms with van der Waals surface area (Å²) in [6.45, 7) is 0. The first kappa shape index (κ1) is 17.1. The Balaban J connectivity index is 1.79. The number of ketones is 2. The number of H-pyrrole nitrogens is 1. The minimum Gasteiger partial charge on any atom is -0.290 e. The summed E-state index contributed by atoms with van der Waals surface area (Å²) in [4.78, 5) is 27.7. The number of hydrogen-bond donors (Lipinski definition) is 1. The third kappa shape index (κ3) is 3.54. The molecule has 0 bridgehead atoms. The zero-order chi connectivity index (χ0) is 18.0. The molecule has 0 amide bonds. The number of thiophene rings is 1. The maximum atomic E-state index is 12.9. The fourth-order valence-corrected chi connectivity index (χ4v) is 4.56. The summed E-state index contributed by atoms with van der Waals surface area (Å²) in [6.07, 6.45) is 0.927. The Hall–Kier alpha value is -2.72. The molecule has 7 nitrogen and oxygen atoms in total. The van der Waals surface area contributed by atoms with Gasteiger partial charge in [-0.25, -0.2) is 17.8 Å². The van der Waals surface area contributed by atoms with Crippen molar-refractivity contribution < 1.29 is 22.4 Å². The van der Waals surface area contributed by atoms with Gasteiger partial charge in [0.05, 0.1) is 9.79 Å². The first-order valence-electron chi connectivity index (χ1n) is 6.89. The number of carbonyl (C=O) groups is 2. The highest BCUT2D eigenvalue weighted by Crippen LogP contribution is 2.26. The Bertz CT molecular complexity index is 1030. The maximum Gasteiger partial charge on any atom is 0.267 e. The SMILES string of the molecule is O=C(Cc1cc(S(=O)(=O)c2ccc(F)cc2)cs1)C(=O)c1nc[nH]n1. The molecular formula is C15H10FN3O4S2. The minimum absolute atomic E-state index is 0.0164. The lowest BCUT2D eigenvalue weighted by molar-refractivity contribution is -0.114. The molecule has 0 aliphatic carbocycles. The minimum atomic E-state index is -3.82. The number of carbonyl (C=O) groups excluding carboxylic acids is 2. The van der Waals surface area contributed by atoms with Crippen LogP contribution in [-0.4, -0.2) is 35.2 Å². The van der Waals surface area contributed by atoms with Crippen LogP contribution in [0.3, 0.4) is 0 Å². The van der Waals surface area contributed by atoms with Gasteiger partial charge in [0.1, 0.15) is 12.1 Å². The second kappa shape index (κ2) is 6.65. The number of aromatic nitrogens is 3. The van der Waals surface area contributed by atoms with Crippen LogP contribution in [0, 0.1) is 5.82 Å². The van der Waals surface area contributed by atoms with Crippen molar-refractivity contribution in [1.82, 2.24) is 15.2 Å². The Morgan fingerprint density at radius 2 is 1.88 bits per heavy atom. The number of nitrogens with zero attached hydrogens (tertiary/aromatic N) is 2. The number of Topliss-reactive ketones (excluding diaryl/α,β-unsaturated/α-hetero) is 2. The van der Waals surface area contributed by atoms with E-state index in [1.807, 2.05) is 0 Å². The van der Waals surface area contributed by atoms with Crippen molar-refractivity contribution in [3.63, 3.8) is 0 Å². The van der Waals surface area contributed by atoms with Gasteiger partial charge in [0, 0.05) is 16.7 Å². The molecule has 0 saturated carbocycles. The zero-order valence-electron chi connectivity index (χ0n) is 12.5. The molecule has 2 heterocycles. The van der Waals surface area contributed by atoms with Gasteiger partial charge in [-0.2, -0.15) is 0 Å². The van der Waals surface area contributed by atoms with Crippen molar-refractivity contribution in [1.29, 1.82) is 0 Å². The van der Waals surface area contributed by atoms with Crippen LogP contribution >= 0.6 is 11.3 Å². The Labute approximate surface area is 145 Å². The second-order valence-electron chi connectivity index (χ2n) is 4.96. The third-order valence-electron chi connectivity index (χ3n) is 3.27. The van der Waals surface area contributed by atoms with Crippen LogP contribution in [0.5, 0.6) is 0 Å². The molecule has 0 saturated heterocycles. The summed E-state index contributed by atoms with van der Waals surface area (Å²) in [5.41, 5.74) is 0. The topological polar surface area (TPSA) is 110 Å². The highest BCUT2D eigenvalue weighted by Gasteiger charge is 2.23. The second-order valence-corrected chi connectivity index (χ2v) is 7.90. The molecular weight excluding hydrogens is 369 g/mol. The van der Waals surface area contributed by atoms with E-state index in [2.05, 4.69) is 15.2 Å². The van der Waals surface area contributed by atoms with Gasteiger partial charge in [0.2, 0.25) is 21.4 Å². The fourth-order valence-electron chi connectivity index (χ4n) is 2.03. The third-order valence-corrected chi connectivity index (χ3v) is 6.11. The first-order chi connectivity index (χ1) is 11.9. The molecule has 1 aromatic carbocycles. The summed E-state index contributed by atoms with van der Waals surface area (Å²) < 4.78 is 37.9. The van der Waals surface area contributed by atoms with Gasteiger partial charge >= 0.3 is 0 Å². The van der Waals surface area contributed by atoms with Gasteiger partial charge in [-0.1, -0.05) is 0 Å². The van der Waals surface area contributed by atoms with Crippen molar-refractivity contribution in [3.8, 4) is 0 Å². The van der Waals surface area contributed by atoms with E-state index in [9.17, 15) is 22.4 Å². The van der Waals surface area contributed by atoms with Crippen molar-refractivity contribution in [2.75, 3.05) is 0 Å². The predicted molar refractivity (Wildman–Crippen MR) is 85.6 cm³/mol. The lowest BCUT2D eigenvalue weighted by atomic mass is 10.1. The van der Waals surface area contributed by atoms with E-state index in [-0.39, 0.29) is 22.0 Å². The molecule has 128 valence electrons. The van der Waals surface area contributed by atoms with Crippen LogP contribution in [0.4, 0.5) is 4.39 Å². The van der Waals surface area contributed by atoms with Gasteiger partial charge in [-0.3, -0.25) is 14.7 Å². The average Bonchev–Trinajstić information content (AvgIpc) is 3.26. The quantitative estimate of drug-likeness (QED) is 0.397. The lowest BCUT2D eigenvalue weighted by Gasteiger charge is -2.01. The Kier molecular flexibility index (Phi) is 4.55. The molecule has 0 unspecified atom stereocenters. The van der Waals surface area contributed by atoms with Crippen LogP contribution in [0.1, 0.15) is 15.5 Å². The molecule has 10 heteroatoms. The van der Waals surface area contributed by atoms with Gasteiger partial charge in [0.25, 0.3) is 5.78 Å². The van der Waals surface area contributed by atoms with E-state index in [4.69, 9.17) is 0 Å². The van der Waals surface area contributed by atoms with E-state index in [0.29, 0.717) is 4.88 Å².